The number of fused-ring (bicyclic) bond motifs is 1. The number of hydrogen-bond acceptors (Lipinski definition) is 2. The minimum Gasteiger partial charge on any atom is -0.382 e. The number of aliphatic hydroxyl groups is 1. The van der Waals surface area contributed by atoms with Gasteiger partial charge in [0.1, 0.15) is 5.60 Å². The van der Waals surface area contributed by atoms with Crippen LogP contribution in [0, 0.1) is 0 Å². The molecule has 0 saturated heterocycles. The molecule has 0 amide bonds. The fourth-order valence-electron chi connectivity index (χ4n) is 4.07. The lowest BCUT2D eigenvalue weighted by Crippen LogP contribution is -2.39. The third-order valence-electron chi connectivity index (χ3n) is 5.38. The Hall–Kier alpha value is -1.15. The van der Waals surface area contributed by atoms with Gasteiger partial charge in [-0.2, -0.15) is 0 Å². The van der Waals surface area contributed by atoms with Gasteiger partial charge in [-0.25, -0.2) is 0 Å². The highest BCUT2D eigenvalue weighted by molar-refractivity contribution is 5.87. The van der Waals surface area contributed by atoms with E-state index in [-0.39, 0.29) is 5.78 Å². The number of Topliss-reactive ketones (excluding diaryl/α,β-unsaturated/α-hetero) is 1. The molecule has 1 aromatic carbocycles. The van der Waals surface area contributed by atoms with Crippen molar-refractivity contribution in [3.05, 3.63) is 35.4 Å². The van der Waals surface area contributed by atoms with E-state index in [4.69, 9.17) is 0 Å². The molecule has 114 valence electrons. The summed E-state index contributed by atoms with van der Waals surface area (Å²) in [7, 11) is 0. The summed E-state index contributed by atoms with van der Waals surface area (Å²) in [4.78, 5) is 12.7. The zero-order valence-corrected chi connectivity index (χ0v) is 12.8. The van der Waals surface area contributed by atoms with Gasteiger partial charge in [-0.1, -0.05) is 49.9 Å². The molecule has 0 aromatic heterocycles. The minimum absolute atomic E-state index is 0.0890. The highest BCUT2D eigenvalue weighted by atomic mass is 16.3. The van der Waals surface area contributed by atoms with Crippen molar-refractivity contribution in [1.82, 2.24) is 0 Å². The smallest absolute Gasteiger partial charge is 0.164 e. The molecule has 0 aliphatic heterocycles. The minimum atomic E-state index is -1.04. The molecule has 3 rings (SSSR count). The van der Waals surface area contributed by atoms with Gasteiger partial charge in [0.15, 0.2) is 5.78 Å². The summed E-state index contributed by atoms with van der Waals surface area (Å²) in [5, 5.41) is 10.7. The summed E-state index contributed by atoms with van der Waals surface area (Å²) in [5.74, 6) is 0.404. The van der Waals surface area contributed by atoms with Crippen LogP contribution < -0.4 is 0 Å². The molecule has 1 unspecified atom stereocenters. The fourth-order valence-corrected chi connectivity index (χ4v) is 4.07. The maximum Gasteiger partial charge on any atom is 0.164 e. The molecule has 0 bridgehead atoms. The summed E-state index contributed by atoms with van der Waals surface area (Å²) in [5.41, 5.74) is 1.70. The lowest BCUT2D eigenvalue weighted by molar-refractivity contribution is -0.139. The van der Waals surface area contributed by atoms with Crippen LogP contribution in [0.25, 0.3) is 0 Å². The van der Waals surface area contributed by atoms with Crippen molar-refractivity contribution in [2.75, 3.05) is 0 Å². The summed E-state index contributed by atoms with van der Waals surface area (Å²) >= 11 is 0. The first-order valence-electron chi connectivity index (χ1n) is 8.52. The molecular weight excluding hydrogens is 260 g/mol. The van der Waals surface area contributed by atoms with E-state index in [1.165, 1.54) is 11.1 Å². The zero-order valence-electron chi connectivity index (χ0n) is 12.8. The number of carbonyl (C=O) groups is 1. The summed E-state index contributed by atoms with van der Waals surface area (Å²) < 4.78 is 0. The predicted octanol–water partition coefficient (Wildman–Crippen LogP) is 4.15. The number of benzene rings is 1. The van der Waals surface area contributed by atoms with Crippen molar-refractivity contribution >= 4 is 5.78 Å². The monoisotopic (exact) mass is 286 g/mol. The van der Waals surface area contributed by atoms with Crippen LogP contribution in [0.3, 0.4) is 0 Å². The molecule has 2 aliphatic rings. The third-order valence-corrected chi connectivity index (χ3v) is 5.38. The highest BCUT2D eigenvalue weighted by Crippen LogP contribution is 2.37. The summed E-state index contributed by atoms with van der Waals surface area (Å²) in [6.07, 6.45) is 9.52. The molecule has 21 heavy (non-hydrogen) atoms. The molecule has 0 radical (unpaired) electrons. The highest BCUT2D eigenvalue weighted by Gasteiger charge is 2.37. The Kier molecular flexibility index (Phi) is 4.44. The third kappa shape index (κ3) is 3.21. The number of rotatable bonds is 3. The number of carbonyl (C=O) groups excluding carboxylic acids is 1. The number of aryl methyl sites for hydroxylation is 1. The molecule has 2 aliphatic carbocycles. The van der Waals surface area contributed by atoms with Crippen molar-refractivity contribution < 1.29 is 9.90 Å². The molecule has 0 spiro atoms. The molecule has 1 N–H and O–H groups in total. The molecule has 1 atom stereocenters. The summed E-state index contributed by atoms with van der Waals surface area (Å²) in [6, 6.07) is 8.51. The van der Waals surface area contributed by atoms with Crippen LogP contribution >= 0.6 is 0 Å². The molecule has 2 heteroatoms. The van der Waals surface area contributed by atoms with Gasteiger partial charge in [0, 0.05) is 6.42 Å². The van der Waals surface area contributed by atoms with Gasteiger partial charge in [0.25, 0.3) is 0 Å². The van der Waals surface area contributed by atoms with Crippen LogP contribution in [0.4, 0.5) is 0 Å². The SMILES string of the molecule is O=C(CC1CCCc2ccccc21)C1(O)CCCCCC1. The Bertz CT molecular complexity index is 498. The first kappa shape index (κ1) is 14.8. The maximum absolute atomic E-state index is 12.7. The van der Waals surface area contributed by atoms with Crippen LogP contribution in [0.1, 0.15) is 74.8 Å². The van der Waals surface area contributed by atoms with Gasteiger partial charge in [-0.05, 0) is 49.1 Å². The van der Waals surface area contributed by atoms with E-state index in [1.54, 1.807) is 0 Å². The Morgan fingerprint density at radius 3 is 2.57 bits per heavy atom. The molecule has 1 saturated carbocycles. The fraction of sp³-hybridized carbons (Fsp3) is 0.632. The lowest BCUT2D eigenvalue weighted by Gasteiger charge is -2.30. The second-order valence-electron chi connectivity index (χ2n) is 6.86. The Morgan fingerprint density at radius 1 is 1.10 bits per heavy atom. The Labute approximate surface area is 127 Å². The first-order chi connectivity index (χ1) is 10.2. The summed E-state index contributed by atoms with van der Waals surface area (Å²) in [6.45, 7) is 0. The van der Waals surface area contributed by atoms with Crippen LogP contribution in [-0.2, 0) is 11.2 Å². The van der Waals surface area contributed by atoms with E-state index in [0.717, 1.165) is 44.9 Å². The van der Waals surface area contributed by atoms with Crippen LogP contribution in [0.15, 0.2) is 24.3 Å². The zero-order chi connectivity index (χ0) is 14.7. The van der Waals surface area contributed by atoms with Crippen molar-refractivity contribution in [3.8, 4) is 0 Å². The molecule has 1 fully saturated rings. The van der Waals surface area contributed by atoms with Gasteiger partial charge in [0.2, 0.25) is 0 Å². The maximum atomic E-state index is 12.7. The molecule has 0 heterocycles. The average molecular weight is 286 g/mol. The quantitative estimate of drug-likeness (QED) is 0.847. The van der Waals surface area contributed by atoms with Gasteiger partial charge < -0.3 is 5.11 Å². The van der Waals surface area contributed by atoms with E-state index in [0.29, 0.717) is 25.2 Å². The molecule has 1 aromatic rings. The van der Waals surface area contributed by atoms with Crippen LogP contribution in [-0.4, -0.2) is 16.5 Å². The van der Waals surface area contributed by atoms with E-state index in [2.05, 4.69) is 24.3 Å². The van der Waals surface area contributed by atoms with Gasteiger partial charge in [-0.3, -0.25) is 4.79 Å². The van der Waals surface area contributed by atoms with Crippen molar-refractivity contribution in [1.29, 1.82) is 0 Å². The standard InChI is InChI=1S/C19H26O2/c20-18(19(21)12-5-1-2-6-13-19)14-16-10-7-9-15-8-3-4-11-17(15)16/h3-4,8,11,16,21H,1-2,5-7,9-10,12-14H2. The van der Waals surface area contributed by atoms with Crippen LogP contribution in [0.2, 0.25) is 0 Å². The van der Waals surface area contributed by atoms with Crippen molar-refractivity contribution in [2.24, 2.45) is 0 Å². The van der Waals surface area contributed by atoms with Gasteiger partial charge in [0.05, 0.1) is 0 Å². The number of hydrogen-bond donors (Lipinski definition) is 1. The van der Waals surface area contributed by atoms with Gasteiger partial charge in [-0.15, -0.1) is 0 Å². The lowest BCUT2D eigenvalue weighted by atomic mass is 9.77. The normalized spacial score (nSPS) is 24.9. The number of ketones is 1. The predicted molar refractivity (Wildman–Crippen MR) is 84.4 cm³/mol. The Morgan fingerprint density at radius 2 is 1.81 bits per heavy atom. The molecular formula is C19H26O2. The second kappa shape index (κ2) is 6.31. The van der Waals surface area contributed by atoms with Crippen LogP contribution in [0.5, 0.6) is 0 Å². The second-order valence-corrected chi connectivity index (χ2v) is 6.86. The van der Waals surface area contributed by atoms with Crippen molar-refractivity contribution in [3.63, 3.8) is 0 Å². The van der Waals surface area contributed by atoms with E-state index in [9.17, 15) is 9.90 Å². The molecule has 2 nitrogen and oxygen atoms in total. The Balaban J connectivity index is 1.73. The van der Waals surface area contributed by atoms with Crippen molar-refractivity contribution in [2.45, 2.75) is 75.7 Å². The topological polar surface area (TPSA) is 37.3 Å². The van der Waals surface area contributed by atoms with Gasteiger partial charge >= 0.3 is 0 Å². The largest absolute Gasteiger partial charge is 0.382 e. The first-order valence-corrected chi connectivity index (χ1v) is 8.52. The van der Waals surface area contributed by atoms with E-state index >= 15 is 0 Å². The van der Waals surface area contributed by atoms with E-state index in [1.807, 2.05) is 0 Å². The average Bonchev–Trinajstić information content (AvgIpc) is 2.73. The van der Waals surface area contributed by atoms with E-state index < -0.39 is 5.60 Å².